The average Bonchev–Trinajstić information content (AvgIpc) is 3.17. The lowest BCUT2D eigenvalue weighted by Crippen LogP contribution is -2.40. The predicted octanol–water partition coefficient (Wildman–Crippen LogP) is 1.43. The fraction of sp³-hybridized carbons (Fsp3) is 0.316. The predicted molar refractivity (Wildman–Crippen MR) is 98.3 cm³/mol. The monoisotopic (exact) mass is 364 g/mol. The van der Waals surface area contributed by atoms with Crippen LogP contribution in [0.1, 0.15) is 40.8 Å². The summed E-state index contributed by atoms with van der Waals surface area (Å²) in [5.74, 6) is 0.954. The lowest BCUT2D eigenvalue weighted by Gasteiger charge is -2.32. The number of aromatic nitrogens is 5. The van der Waals surface area contributed by atoms with Crippen molar-refractivity contribution in [3.63, 3.8) is 0 Å². The van der Waals surface area contributed by atoms with E-state index in [1.807, 2.05) is 24.4 Å². The zero-order valence-electron chi connectivity index (χ0n) is 14.8. The van der Waals surface area contributed by atoms with Gasteiger partial charge in [-0.3, -0.25) is 14.6 Å². The van der Waals surface area contributed by atoms with Crippen molar-refractivity contribution in [2.75, 3.05) is 13.1 Å². The molecule has 1 amide bonds. The summed E-state index contributed by atoms with van der Waals surface area (Å²) in [7, 11) is 0. The molecule has 8 heteroatoms. The molecule has 0 saturated carbocycles. The van der Waals surface area contributed by atoms with Crippen molar-refractivity contribution in [3.8, 4) is 0 Å². The van der Waals surface area contributed by atoms with Crippen LogP contribution < -0.4 is 5.56 Å². The largest absolute Gasteiger partial charge is 0.337 e. The number of aromatic amines is 1. The van der Waals surface area contributed by atoms with Crippen LogP contribution in [0.2, 0.25) is 0 Å². The molecule has 1 aliphatic heterocycles. The van der Waals surface area contributed by atoms with Crippen LogP contribution in [-0.4, -0.2) is 48.4 Å². The van der Waals surface area contributed by atoms with Gasteiger partial charge in [0.25, 0.3) is 11.5 Å². The third-order valence-corrected chi connectivity index (χ3v) is 4.77. The Bertz CT molecular complexity index is 961. The Morgan fingerprint density at radius 3 is 2.93 bits per heavy atom. The second kappa shape index (κ2) is 7.53. The molecule has 0 bridgehead atoms. The van der Waals surface area contributed by atoms with Crippen molar-refractivity contribution in [1.29, 1.82) is 0 Å². The van der Waals surface area contributed by atoms with E-state index >= 15 is 0 Å². The highest BCUT2D eigenvalue weighted by Gasteiger charge is 2.28. The standard InChI is InChI=1S/C19H20N6O2/c26-17-11-22-16(10-23-17)19(27)25-8-3-4-14(12-25)18-21-7-9-24(18)13-15-5-1-2-6-20-15/h1-2,5-7,9-11,14H,3-4,8,12-13H2,(H,23,26). The molecular formula is C19H20N6O2. The zero-order valence-corrected chi connectivity index (χ0v) is 14.8. The summed E-state index contributed by atoms with van der Waals surface area (Å²) in [6.07, 6.45) is 9.91. The van der Waals surface area contributed by atoms with E-state index in [4.69, 9.17) is 0 Å². The Labute approximate surface area is 155 Å². The van der Waals surface area contributed by atoms with Gasteiger partial charge in [-0.2, -0.15) is 0 Å². The highest BCUT2D eigenvalue weighted by Crippen LogP contribution is 2.27. The van der Waals surface area contributed by atoms with Crippen LogP contribution in [0.25, 0.3) is 0 Å². The fourth-order valence-electron chi connectivity index (χ4n) is 3.47. The molecule has 4 heterocycles. The lowest BCUT2D eigenvalue weighted by atomic mass is 9.96. The maximum atomic E-state index is 12.7. The van der Waals surface area contributed by atoms with Crippen molar-refractivity contribution in [3.05, 3.63) is 76.7 Å². The van der Waals surface area contributed by atoms with Gasteiger partial charge in [-0.25, -0.2) is 9.97 Å². The number of carbonyl (C=O) groups excluding carboxylic acids is 1. The summed E-state index contributed by atoms with van der Waals surface area (Å²) in [6, 6.07) is 5.85. The van der Waals surface area contributed by atoms with Gasteiger partial charge in [-0.05, 0) is 25.0 Å². The second-order valence-electron chi connectivity index (χ2n) is 6.62. The number of likely N-dealkylation sites (tertiary alicyclic amines) is 1. The molecule has 3 aromatic rings. The first kappa shape index (κ1) is 17.1. The van der Waals surface area contributed by atoms with Gasteiger partial charge in [0.15, 0.2) is 0 Å². The lowest BCUT2D eigenvalue weighted by molar-refractivity contribution is 0.0697. The normalized spacial score (nSPS) is 17.0. The van der Waals surface area contributed by atoms with Crippen molar-refractivity contribution in [2.45, 2.75) is 25.3 Å². The summed E-state index contributed by atoms with van der Waals surface area (Å²) >= 11 is 0. The molecule has 0 radical (unpaired) electrons. The van der Waals surface area contributed by atoms with E-state index in [0.29, 0.717) is 19.6 Å². The maximum absolute atomic E-state index is 12.7. The number of nitrogens with one attached hydrogen (secondary N) is 1. The second-order valence-corrected chi connectivity index (χ2v) is 6.62. The number of rotatable bonds is 4. The smallest absolute Gasteiger partial charge is 0.273 e. The van der Waals surface area contributed by atoms with E-state index in [1.54, 1.807) is 17.3 Å². The van der Waals surface area contributed by atoms with Crippen LogP contribution in [0.15, 0.2) is 54.0 Å². The topological polar surface area (TPSA) is 96.8 Å². The van der Waals surface area contributed by atoms with Gasteiger partial charge in [0.1, 0.15) is 11.5 Å². The molecule has 0 aliphatic carbocycles. The molecule has 1 aliphatic rings. The Morgan fingerprint density at radius 2 is 2.15 bits per heavy atom. The van der Waals surface area contributed by atoms with E-state index < -0.39 is 0 Å². The molecular weight excluding hydrogens is 344 g/mol. The summed E-state index contributed by atoms with van der Waals surface area (Å²) in [4.78, 5) is 41.0. The zero-order chi connectivity index (χ0) is 18.6. The highest BCUT2D eigenvalue weighted by atomic mass is 16.2. The van der Waals surface area contributed by atoms with Gasteiger partial charge in [0, 0.05) is 43.8 Å². The fourth-order valence-corrected chi connectivity index (χ4v) is 3.47. The molecule has 3 aromatic heterocycles. The van der Waals surface area contributed by atoms with Gasteiger partial charge in [0.05, 0.1) is 18.4 Å². The Hall–Kier alpha value is -3.29. The first-order chi connectivity index (χ1) is 13.2. The quantitative estimate of drug-likeness (QED) is 0.755. The Morgan fingerprint density at radius 1 is 1.22 bits per heavy atom. The van der Waals surface area contributed by atoms with E-state index in [0.717, 1.165) is 30.6 Å². The Balaban J connectivity index is 1.50. The molecule has 1 unspecified atom stereocenters. The van der Waals surface area contributed by atoms with Gasteiger partial charge in [-0.1, -0.05) is 6.07 Å². The van der Waals surface area contributed by atoms with E-state index in [9.17, 15) is 9.59 Å². The molecule has 27 heavy (non-hydrogen) atoms. The van der Waals surface area contributed by atoms with Gasteiger partial charge in [-0.15, -0.1) is 0 Å². The van der Waals surface area contributed by atoms with Crippen molar-refractivity contribution in [2.24, 2.45) is 0 Å². The summed E-state index contributed by atoms with van der Waals surface area (Å²) in [5, 5.41) is 0. The van der Waals surface area contributed by atoms with Gasteiger partial charge in [0.2, 0.25) is 0 Å². The minimum Gasteiger partial charge on any atom is -0.337 e. The molecule has 1 saturated heterocycles. The van der Waals surface area contributed by atoms with E-state index in [2.05, 4.69) is 24.5 Å². The molecule has 1 atom stereocenters. The van der Waals surface area contributed by atoms with Crippen LogP contribution in [0.5, 0.6) is 0 Å². The van der Waals surface area contributed by atoms with Crippen LogP contribution in [0.3, 0.4) is 0 Å². The number of hydrogen-bond donors (Lipinski definition) is 1. The van der Waals surface area contributed by atoms with Crippen molar-refractivity contribution < 1.29 is 4.79 Å². The third-order valence-electron chi connectivity index (χ3n) is 4.77. The first-order valence-corrected chi connectivity index (χ1v) is 8.95. The highest BCUT2D eigenvalue weighted by molar-refractivity contribution is 5.92. The average molecular weight is 364 g/mol. The van der Waals surface area contributed by atoms with Crippen LogP contribution in [-0.2, 0) is 6.54 Å². The molecule has 1 fully saturated rings. The van der Waals surface area contributed by atoms with Gasteiger partial charge < -0.3 is 14.5 Å². The number of H-pyrrole nitrogens is 1. The van der Waals surface area contributed by atoms with E-state index in [1.165, 1.54) is 6.20 Å². The minimum absolute atomic E-state index is 0.157. The van der Waals surface area contributed by atoms with Crippen LogP contribution in [0, 0.1) is 0 Å². The number of amides is 1. The van der Waals surface area contributed by atoms with Gasteiger partial charge >= 0.3 is 0 Å². The maximum Gasteiger partial charge on any atom is 0.273 e. The summed E-state index contributed by atoms with van der Waals surface area (Å²) < 4.78 is 2.10. The Kier molecular flexibility index (Phi) is 4.78. The number of carbonyl (C=O) groups is 1. The number of nitrogens with zero attached hydrogens (tertiary/aromatic N) is 5. The molecule has 0 aromatic carbocycles. The SMILES string of the molecule is O=C(c1c[nH]c(=O)cn1)N1CCCC(c2nccn2Cc2ccccn2)C1. The van der Waals surface area contributed by atoms with Crippen LogP contribution in [0.4, 0.5) is 0 Å². The minimum atomic E-state index is -0.320. The molecule has 0 spiro atoms. The van der Waals surface area contributed by atoms with Crippen molar-refractivity contribution in [1.82, 2.24) is 29.4 Å². The number of imidazole rings is 1. The number of pyridine rings is 1. The third kappa shape index (κ3) is 3.79. The number of hydrogen-bond acceptors (Lipinski definition) is 5. The molecule has 138 valence electrons. The van der Waals surface area contributed by atoms with Crippen LogP contribution >= 0.6 is 0 Å². The summed E-state index contributed by atoms with van der Waals surface area (Å²) in [5.41, 5.74) is 0.907. The summed E-state index contributed by atoms with van der Waals surface area (Å²) in [6.45, 7) is 1.91. The van der Waals surface area contributed by atoms with Crippen molar-refractivity contribution >= 4 is 5.91 Å². The first-order valence-electron chi connectivity index (χ1n) is 8.95. The molecule has 1 N–H and O–H groups in total. The van der Waals surface area contributed by atoms with E-state index in [-0.39, 0.29) is 23.1 Å². The molecule has 4 rings (SSSR count). The number of piperidine rings is 1. The molecule has 8 nitrogen and oxygen atoms in total.